The highest BCUT2D eigenvalue weighted by atomic mass is 32.2. The molecule has 1 aromatic carbocycles. The van der Waals surface area contributed by atoms with Gasteiger partial charge in [-0.25, -0.2) is 8.42 Å². The zero-order valence-electron chi connectivity index (χ0n) is 12.8. The summed E-state index contributed by atoms with van der Waals surface area (Å²) >= 11 is 0. The van der Waals surface area contributed by atoms with E-state index in [0.29, 0.717) is 6.04 Å². The molecule has 5 heteroatoms. The lowest BCUT2D eigenvalue weighted by molar-refractivity contribution is -0.415. The third-order valence-electron chi connectivity index (χ3n) is 2.86. The van der Waals surface area contributed by atoms with Crippen molar-refractivity contribution < 1.29 is 18.7 Å². The second kappa shape index (κ2) is 9.91. The van der Waals surface area contributed by atoms with Crippen molar-refractivity contribution in [2.75, 3.05) is 0 Å². The van der Waals surface area contributed by atoms with Crippen LogP contribution in [-0.4, -0.2) is 19.0 Å². The lowest BCUT2D eigenvalue weighted by Gasteiger charge is -2.05. The third-order valence-corrected chi connectivity index (χ3v) is 3.71. The average molecular weight is 301 g/mol. The summed E-state index contributed by atoms with van der Waals surface area (Å²) in [4.78, 5) is -0.178. The van der Waals surface area contributed by atoms with Crippen molar-refractivity contribution in [1.29, 1.82) is 0 Å². The fourth-order valence-electron chi connectivity index (χ4n) is 1.62. The number of hydrogen-bond acceptors (Lipinski definition) is 3. The highest BCUT2D eigenvalue weighted by Crippen LogP contribution is 2.08. The first-order valence-corrected chi connectivity index (χ1v) is 8.53. The summed E-state index contributed by atoms with van der Waals surface area (Å²) in [6, 6.07) is 6.44. The molecule has 0 fully saturated rings. The molecule has 20 heavy (non-hydrogen) atoms. The van der Waals surface area contributed by atoms with Gasteiger partial charge in [-0.2, -0.15) is 0 Å². The molecule has 1 rings (SSSR count). The standard InChI is InChI=1S/C8H19N.C7H8O3S/c1-3-4-5-6-7-8(2)9;1-6-2-4-7(5-3-6)11(8,9)10/h8H,3-7,9H2,1-2H3;2-5H,1H3,(H,8,9,10)/t8-;/m1./s1. The minimum Gasteiger partial charge on any atom is -0.744 e. The third kappa shape index (κ3) is 9.95. The fourth-order valence-corrected chi connectivity index (χ4v) is 2.09. The minimum absolute atomic E-state index is 0.178. The number of benzene rings is 1. The van der Waals surface area contributed by atoms with E-state index in [2.05, 4.69) is 19.6 Å². The molecule has 0 saturated carbocycles. The Bertz CT molecular complexity index is 453. The van der Waals surface area contributed by atoms with Gasteiger partial charge in [-0.05, 0) is 38.8 Å². The molecule has 0 amide bonds. The fraction of sp³-hybridized carbons (Fsp3) is 0.600. The number of quaternary nitrogens is 1. The van der Waals surface area contributed by atoms with Crippen LogP contribution in [0.4, 0.5) is 0 Å². The van der Waals surface area contributed by atoms with E-state index < -0.39 is 10.1 Å². The molecule has 0 heterocycles. The molecule has 0 aliphatic carbocycles. The van der Waals surface area contributed by atoms with Crippen LogP contribution in [0, 0.1) is 6.92 Å². The molecule has 0 unspecified atom stereocenters. The van der Waals surface area contributed by atoms with Gasteiger partial charge in [0.2, 0.25) is 0 Å². The summed E-state index contributed by atoms with van der Waals surface area (Å²) in [6.45, 7) is 6.25. The molecule has 1 atom stereocenters. The van der Waals surface area contributed by atoms with E-state index >= 15 is 0 Å². The Morgan fingerprint density at radius 2 is 1.70 bits per heavy atom. The van der Waals surface area contributed by atoms with Crippen molar-refractivity contribution >= 4 is 10.1 Å². The lowest BCUT2D eigenvalue weighted by Crippen LogP contribution is -2.58. The molecular formula is C15H27NO3S. The Hall–Kier alpha value is -0.910. The largest absolute Gasteiger partial charge is 0.744 e. The number of hydrogen-bond donors (Lipinski definition) is 1. The Morgan fingerprint density at radius 1 is 1.15 bits per heavy atom. The number of unbranched alkanes of at least 4 members (excludes halogenated alkanes) is 3. The second-order valence-corrected chi connectivity index (χ2v) is 6.60. The van der Waals surface area contributed by atoms with Crippen molar-refractivity contribution in [3.8, 4) is 0 Å². The molecule has 4 nitrogen and oxygen atoms in total. The van der Waals surface area contributed by atoms with E-state index in [4.69, 9.17) is 0 Å². The first-order valence-electron chi connectivity index (χ1n) is 7.13. The molecule has 0 aliphatic rings. The average Bonchev–Trinajstić information content (AvgIpc) is 2.35. The van der Waals surface area contributed by atoms with Crippen LogP contribution in [0.2, 0.25) is 0 Å². The van der Waals surface area contributed by atoms with Crippen LogP contribution in [0.1, 0.15) is 51.5 Å². The Morgan fingerprint density at radius 3 is 2.10 bits per heavy atom. The van der Waals surface area contributed by atoms with Crippen molar-refractivity contribution in [1.82, 2.24) is 0 Å². The molecule has 0 aromatic heterocycles. The van der Waals surface area contributed by atoms with E-state index in [-0.39, 0.29) is 4.90 Å². The smallest absolute Gasteiger partial charge is 0.124 e. The van der Waals surface area contributed by atoms with E-state index in [0.717, 1.165) is 5.56 Å². The van der Waals surface area contributed by atoms with Gasteiger partial charge >= 0.3 is 0 Å². The molecule has 3 N–H and O–H groups in total. The molecule has 0 spiro atoms. The van der Waals surface area contributed by atoms with Gasteiger partial charge in [-0.15, -0.1) is 0 Å². The van der Waals surface area contributed by atoms with Crippen molar-refractivity contribution in [3.05, 3.63) is 29.8 Å². The highest BCUT2D eigenvalue weighted by molar-refractivity contribution is 7.85. The van der Waals surface area contributed by atoms with Crippen LogP contribution in [0.5, 0.6) is 0 Å². The Balaban J connectivity index is 0.000000370. The number of aryl methyl sites for hydroxylation is 1. The Labute approximate surface area is 123 Å². The van der Waals surface area contributed by atoms with Gasteiger partial charge in [-0.1, -0.05) is 43.9 Å². The summed E-state index contributed by atoms with van der Waals surface area (Å²) in [5, 5.41) is 0. The van der Waals surface area contributed by atoms with Gasteiger partial charge in [0, 0.05) is 0 Å². The molecule has 0 radical (unpaired) electrons. The molecule has 1 aromatic rings. The van der Waals surface area contributed by atoms with Crippen LogP contribution in [0.3, 0.4) is 0 Å². The van der Waals surface area contributed by atoms with Crippen molar-refractivity contribution in [2.45, 2.75) is 63.8 Å². The highest BCUT2D eigenvalue weighted by Gasteiger charge is 1.97. The topological polar surface area (TPSA) is 84.8 Å². The molecule has 0 saturated heterocycles. The summed E-state index contributed by atoms with van der Waals surface area (Å²) in [5.41, 5.74) is 4.86. The van der Waals surface area contributed by atoms with Gasteiger partial charge in [0.15, 0.2) is 0 Å². The van der Waals surface area contributed by atoms with Gasteiger partial charge in [0.1, 0.15) is 10.1 Å². The quantitative estimate of drug-likeness (QED) is 0.647. The van der Waals surface area contributed by atoms with Crippen LogP contribution >= 0.6 is 0 Å². The molecule has 0 bridgehead atoms. The zero-order valence-corrected chi connectivity index (χ0v) is 13.6. The maximum absolute atomic E-state index is 10.4. The predicted molar refractivity (Wildman–Crippen MR) is 80.3 cm³/mol. The van der Waals surface area contributed by atoms with E-state index in [1.165, 1.54) is 44.2 Å². The Kier molecular flexibility index (Phi) is 9.46. The number of rotatable bonds is 6. The van der Waals surface area contributed by atoms with Gasteiger partial charge in [0.05, 0.1) is 10.9 Å². The van der Waals surface area contributed by atoms with Crippen LogP contribution in [0.25, 0.3) is 0 Å². The van der Waals surface area contributed by atoms with E-state index in [1.807, 2.05) is 6.92 Å². The van der Waals surface area contributed by atoms with Crippen LogP contribution in [0.15, 0.2) is 29.2 Å². The van der Waals surface area contributed by atoms with Gasteiger partial charge in [0.25, 0.3) is 0 Å². The summed E-state index contributed by atoms with van der Waals surface area (Å²) < 4.78 is 31.2. The van der Waals surface area contributed by atoms with Gasteiger partial charge < -0.3 is 10.3 Å². The van der Waals surface area contributed by atoms with Crippen molar-refractivity contribution in [3.63, 3.8) is 0 Å². The molecular weight excluding hydrogens is 274 g/mol. The first-order chi connectivity index (χ1) is 9.27. The normalized spacial score (nSPS) is 12.4. The lowest BCUT2D eigenvalue weighted by atomic mass is 10.1. The monoisotopic (exact) mass is 301 g/mol. The zero-order chi connectivity index (χ0) is 15.6. The maximum Gasteiger partial charge on any atom is 0.124 e. The second-order valence-electron chi connectivity index (χ2n) is 5.22. The minimum atomic E-state index is -4.27. The molecule has 0 aliphatic heterocycles. The summed E-state index contributed by atoms with van der Waals surface area (Å²) in [6.07, 6.45) is 6.81. The van der Waals surface area contributed by atoms with Crippen LogP contribution < -0.4 is 5.73 Å². The maximum atomic E-state index is 10.4. The predicted octanol–water partition coefficient (Wildman–Crippen LogP) is 2.49. The van der Waals surface area contributed by atoms with E-state index in [1.54, 1.807) is 12.1 Å². The van der Waals surface area contributed by atoms with Crippen LogP contribution in [-0.2, 0) is 10.1 Å². The van der Waals surface area contributed by atoms with E-state index in [9.17, 15) is 13.0 Å². The van der Waals surface area contributed by atoms with Gasteiger partial charge in [-0.3, -0.25) is 0 Å². The summed E-state index contributed by atoms with van der Waals surface area (Å²) in [5.74, 6) is 0. The van der Waals surface area contributed by atoms with Crippen molar-refractivity contribution in [2.24, 2.45) is 0 Å². The summed E-state index contributed by atoms with van der Waals surface area (Å²) in [7, 11) is -4.27. The molecule has 116 valence electrons. The first kappa shape index (κ1) is 19.1. The SMILES string of the molecule is CCCCCC[C@@H](C)[NH3+].Cc1ccc(S(=O)(=O)[O-])cc1.